The van der Waals surface area contributed by atoms with Gasteiger partial charge in [-0.2, -0.15) is 0 Å². The second-order valence-electron chi connectivity index (χ2n) is 5.32. The van der Waals surface area contributed by atoms with Crippen LogP contribution in [0.2, 0.25) is 0 Å². The Balaban J connectivity index is 3.84. The predicted molar refractivity (Wildman–Crippen MR) is 75.4 cm³/mol. The molecule has 0 heterocycles. The number of rotatable bonds is 6. The minimum atomic E-state index is -0.485. The molecule has 0 aromatic heterocycles. The Bertz CT molecular complexity index is 311. The Morgan fingerprint density at radius 2 is 2.05 bits per heavy atom. The van der Waals surface area contributed by atoms with E-state index in [2.05, 4.69) is 5.32 Å². The van der Waals surface area contributed by atoms with Crippen LogP contribution in [0.3, 0.4) is 0 Å². The summed E-state index contributed by atoms with van der Waals surface area (Å²) in [7, 11) is 1.89. The molecule has 0 bridgehead atoms. The van der Waals surface area contributed by atoms with Crippen LogP contribution in [0.1, 0.15) is 34.6 Å². The first-order chi connectivity index (χ1) is 8.67. The molecule has 6 heteroatoms. The number of allylic oxidation sites excluding steroid dienone is 1. The van der Waals surface area contributed by atoms with E-state index in [9.17, 15) is 4.79 Å². The zero-order valence-corrected chi connectivity index (χ0v) is 12.8. The summed E-state index contributed by atoms with van der Waals surface area (Å²) < 4.78 is 10.7. The Morgan fingerprint density at radius 1 is 1.47 bits per heavy atom. The van der Waals surface area contributed by atoms with Crippen LogP contribution in [0.5, 0.6) is 0 Å². The molecule has 0 saturated carbocycles. The van der Waals surface area contributed by atoms with Crippen molar-refractivity contribution in [1.29, 1.82) is 0 Å². The topological polar surface area (TPSA) is 76.8 Å². The molecule has 1 atom stereocenters. The molecular formula is C13H27N3O3. The maximum atomic E-state index is 11.4. The molecule has 1 unspecified atom stereocenters. The molecule has 0 aliphatic carbocycles. The molecule has 1 amide bonds. The molecular weight excluding hydrogens is 246 g/mol. The highest BCUT2D eigenvalue weighted by atomic mass is 16.6. The van der Waals surface area contributed by atoms with Gasteiger partial charge in [-0.25, -0.2) is 4.79 Å². The lowest BCUT2D eigenvalue weighted by Gasteiger charge is -2.27. The third-order valence-electron chi connectivity index (χ3n) is 2.47. The van der Waals surface area contributed by atoms with E-state index in [1.807, 2.05) is 46.6 Å². The van der Waals surface area contributed by atoms with Crippen molar-refractivity contribution in [3.8, 4) is 0 Å². The summed E-state index contributed by atoms with van der Waals surface area (Å²) in [5.74, 6) is 0. The molecule has 19 heavy (non-hydrogen) atoms. The van der Waals surface area contributed by atoms with Crippen LogP contribution in [0.4, 0.5) is 4.79 Å². The van der Waals surface area contributed by atoms with Crippen molar-refractivity contribution in [2.75, 3.05) is 20.2 Å². The standard InChI is InChI=1S/C13H27N3O3/c1-10(9-14)16(6)11(2)18-8-7-15-12(17)19-13(3,4)5/h9,11H,7-8,14H2,1-6H3,(H,15,17). The van der Waals surface area contributed by atoms with Crippen LogP contribution in [0.25, 0.3) is 0 Å². The van der Waals surface area contributed by atoms with E-state index in [4.69, 9.17) is 15.2 Å². The first-order valence-corrected chi connectivity index (χ1v) is 6.37. The summed E-state index contributed by atoms with van der Waals surface area (Å²) >= 11 is 0. The number of carbonyl (C=O) groups excluding carboxylic acids is 1. The van der Waals surface area contributed by atoms with E-state index in [0.29, 0.717) is 13.2 Å². The summed E-state index contributed by atoms with van der Waals surface area (Å²) in [5, 5.41) is 2.63. The Morgan fingerprint density at radius 3 is 2.53 bits per heavy atom. The van der Waals surface area contributed by atoms with Gasteiger partial charge in [0.25, 0.3) is 0 Å². The monoisotopic (exact) mass is 273 g/mol. The average molecular weight is 273 g/mol. The fourth-order valence-electron chi connectivity index (χ4n) is 1.21. The summed E-state index contributed by atoms with van der Waals surface area (Å²) in [6.45, 7) is 10.1. The molecule has 0 aliphatic rings. The lowest BCUT2D eigenvalue weighted by molar-refractivity contribution is -0.0181. The molecule has 112 valence electrons. The van der Waals surface area contributed by atoms with E-state index in [1.54, 1.807) is 0 Å². The Hall–Kier alpha value is -1.43. The van der Waals surface area contributed by atoms with Crippen molar-refractivity contribution >= 4 is 6.09 Å². The van der Waals surface area contributed by atoms with Gasteiger partial charge in [0.1, 0.15) is 11.8 Å². The summed E-state index contributed by atoms with van der Waals surface area (Å²) in [5.41, 5.74) is 5.87. The first-order valence-electron chi connectivity index (χ1n) is 6.37. The van der Waals surface area contributed by atoms with Gasteiger partial charge in [-0.15, -0.1) is 0 Å². The predicted octanol–water partition coefficient (Wildman–Crippen LogP) is 1.63. The second kappa shape index (κ2) is 7.89. The molecule has 6 nitrogen and oxygen atoms in total. The minimum absolute atomic E-state index is 0.111. The third kappa shape index (κ3) is 8.31. The van der Waals surface area contributed by atoms with E-state index >= 15 is 0 Å². The van der Waals surface area contributed by atoms with Gasteiger partial charge in [0.05, 0.1) is 6.61 Å². The molecule has 0 spiro atoms. The number of hydrogen-bond donors (Lipinski definition) is 2. The molecule has 0 rings (SSSR count). The fraction of sp³-hybridized carbons (Fsp3) is 0.769. The van der Waals surface area contributed by atoms with Gasteiger partial charge in [0.15, 0.2) is 0 Å². The van der Waals surface area contributed by atoms with Crippen molar-refractivity contribution in [2.45, 2.75) is 46.4 Å². The van der Waals surface area contributed by atoms with Crippen molar-refractivity contribution in [1.82, 2.24) is 10.2 Å². The van der Waals surface area contributed by atoms with Crippen LogP contribution in [-0.2, 0) is 9.47 Å². The molecule has 0 fully saturated rings. The summed E-state index contributed by atoms with van der Waals surface area (Å²) in [4.78, 5) is 13.3. The number of carbonyl (C=O) groups is 1. The SMILES string of the molecule is CC(=CN)N(C)C(C)OCCNC(=O)OC(C)(C)C. The van der Waals surface area contributed by atoms with E-state index < -0.39 is 11.7 Å². The highest BCUT2D eigenvalue weighted by molar-refractivity contribution is 5.67. The fourth-order valence-corrected chi connectivity index (χ4v) is 1.21. The number of hydrogen-bond acceptors (Lipinski definition) is 5. The lowest BCUT2D eigenvalue weighted by Crippen LogP contribution is -2.36. The van der Waals surface area contributed by atoms with Crippen LogP contribution in [0.15, 0.2) is 11.9 Å². The van der Waals surface area contributed by atoms with Gasteiger partial charge < -0.3 is 25.4 Å². The number of nitrogens with one attached hydrogen (secondary N) is 1. The summed E-state index contributed by atoms with van der Waals surface area (Å²) in [6.07, 6.45) is 0.981. The van der Waals surface area contributed by atoms with E-state index in [-0.39, 0.29) is 6.23 Å². The highest BCUT2D eigenvalue weighted by Crippen LogP contribution is 2.07. The molecule has 0 saturated heterocycles. The van der Waals surface area contributed by atoms with Crippen LogP contribution in [0, 0.1) is 0 Å². The number of ether oxygens (including phenoxy) is 2. The second-order valence-corrected chi connectivity index (χ2v) is 5.32. The number of nitrogens with zero attached hydrogens (tertiary/aromatic N) is 1. The quantitative estimate of drug-likeness (QED) is 0.568. The molecule has 3 N–H and O–H groups in total. The van der Waals surface area contributed by atoms with Crippen LogP contribution in [-0.4, -0.2) is 43.0 Å². The van der Waals surface area contributed by atoms with Gasteiger partial charge >= 0.3 is 6.09 Å². The van der Waals surface area contributed by atoms with Crippen LogP contribution >= 0.6 is 0 Å². The normalized spacial score (nSPS) is 13.9. The maximum absolute atomic E-state index is 11.4. The first kappa shape index (κ1) is 17.6. The third-order valence-corrected chi connectivity index (χ3v) is 2.47. The lowest BCUT2D eigenvalue weighted by atomic mass is 10.2. The van der Waals surface area contributed by atoms with Gasteiger partial charge in [-0.3, -0.25) is 0 Å². The van der Waals surface area contributed by atoms with Gasteiger partial charge in [-0.05, 0) is 34.6 Å². The molecule has 0 aromatic rings. The number of amides is 1. The van der Waals surface area contributed by atoms with Crippen molar-refractivity contribution in [3.05, 3.63) is 11.9 Å². The Labute approximate surface area is 115 Å². The van der Waals surface area contributed by atoms with Gasteiger partial charge in [0.2, 0.25) is 0 Å². The zero-order valence-electron chi connectivity index (χ0n) is 12.8. The minimum Gasteiger partial charge on any atom is -0.444 e. The van der Waals surface area contributed by atoms with Gasteiger partial charge in [-0.1, -0.05) is 0 Å². The van der Waals surface area contributed by atoms with Crippen molar-refractivity contribution in [2.24, 2.45) is 5.73 Å². The van der Waals surface area contributed by atoms with Crippen molar-refractivity contribution in [3.63, 3.8) is 0 Å². The smallest absolute Gasteiger partial charge is 0.407 e. The highest BCUT2D eigenvalue weighted by Gasteiger charge is 2.15. The van der Waals surface area contributed by atoms with E-state index in [0.717, 1.165) is 5.70 Å². The van der Waals surface area contributed by atoms with Gasteiger partial charge in [0, 0.05) is 25.5 Å². The van der Waals surface area contributed by atoms with Crippen molar-refractivity contribution < 1.29 is 14.3 Å². The maximum Gasteiger partial charge on any atom is 0.407 e. The largest absolute Gasteiger partial charge is 0.444 e. The Kier molecular flexibility index (Phi) is 7.29. The zero-order chi connectivity index (χ0) is 15.1. The summed E-state index contributed by atoms with van der Waals surface area (Å²) in [6, 6.07) is 0. The molecule has 0 radical (unpaired) electrons. The molecule has 0 aromatic carbocycles. The number of nitrogens with two attached hydrogens (primary N) is 1. The average Bonchev–Trinajstić information content (AvgIpc) is 2.30. The van der Waals surface area contributed by atoms with E-state index in [1.165, 1.54) is 6.20 Å². The van der Waals surface area contributed by atoms with Crippen LogP contribution < -0.4 is 11.1 Å². The molecule has 0 aliphatic heterocycles. The number of alkyl carbamates (subject to hydrolysis) is 1.